The molecule has 2 aromatic rings. The van der Waals surface area contributed by atoms with Gasteiger partial charge in [-0.15, -0.1) is 0 Å². The van der Waals surface area contributed by atoms with Crippen LogP contribution >= 0.6 is 0 Å². The highest BCUT2D eigenvalue weighted by molar-refractivity contribution is 6.42. The third kappa shape index (κ3) is 3.57. The van der Waals surface area contributed by atoms with Crippen molar-refractivity contribution in [2.75, 3.05) is 13.6 Å². The van der Waals surface area contributed by atoms with Gasteiger partial charge in [-0.3, -0.25) is 14.4 Å². The number of ketones is 1. The summed E-state index contributed by atoms with van der Waals surface area (Å²) in [5.74, 6) is -2.99. The van der Waals surface area contributed by atoms with Gasteiger partial charge in [0.25, 0.3) is 5.91 Å². The summed E-state index contributed by atoms with van der Waals surface area (Å²) >= 11 is 0. The molecule has 0 aromatic heterocycles. The lowest BCUT2D eigenvalue weighted by atomic mass is 10.0. The Balaban J connectivity index is 1.67. The van der Waals surface area contributed by atoms with E-state index in [1.165, 1.54) is 24.1 Å². The van der Waals surface area contributed by atoms with Gasteiger partial charge in [0.1, 0.15) is 11.7 Å². The third-order valence-electron chi connectivity index (χ3n) is 4.22. The van der Waals surface area contributed by atoms with Gasteiger partial charge in [-0.05, 0) is 34.9 Å². The van der Waals surface area contributed by atoms with Crippen LogP contribution < -0.4 is 5.32 Å². The number of benzene rings is 2. The summed E-state index contributed by atoms with van der Waals surface area (Å²) in [6.07, 6.45) is 0. The van der Waals surface area contributed by atoms with E-state index in [-0.39, 0.29) is 18.9 Å². The van der Waals surface area contributed by atoms with Crippen LogP contribution in [0.2, 0.25) is 0 Å². The number of carbonyl (C=O) groups is 3. The molecule has 128 valence electrons. The van der Waals surface area contributed by atoms with Crippen LogP contribution in [0.1, 0.15) is 5.56 Å². The largest absolute Gasteiger partial charge is 0.351 e. The Labute approximate surface area is 144 Å². The van der Waals surface area contributed by atoms with Crippen LogP contribution in [-0.2, 0) is 20.9 Å². The molecular formula is C19H17FN2O3. The van der Waals surface area contributed by atoms with Gasteiger partial charge >= 0.3 is 0 Å². The van der Waals surface area contributed by atoms with Crippen molar-refractivity contribution >= 4 is 17.6 Å². The van der Waals surface area contributed by atoms with Gasteiger partial charge in [0.15, 0.2) is 0 Å². The highest BCUT2D eigenvalue weighted by Crippen LogP contribution is 2.21. The average Bonchev–Trinajstić information content (AvgIpc) is 2.88. The minimum Gasteiger partial charge on any atom is -0.351 e. The molecule has 0 saturated carbocycles. The first-order valence-electron chi connectivity index (χ1n) is 7.87. The van der Waals surface area contributed by atoms with Crippen LogP contribution in [0.15, 0.2) is 48.5 Å². The number of hydrogen-bond acceptors (Lipinski definition) is 3. The second kappa shape index (κ2) is 6.84. The zero-order valence-electron chi connectivity index (χ0n) is 13.7. The Kier molecular flexibility index (Phi) is 4.61. The zero-order chi connectivity index (χ0) is 18.0. The van der Waals surface area contributed by atoms with Crippen molar-refractivity contribution in [2.45, 2.75) is 6.54 Å². The number of rotatable bonds is 4. The summed E-state index contributed by atoms with van der Waals surface area (Å²) in [5.41, 5.74) is 2.62. The summed E-state index contributed by atoms with van der Waals surface area (Å²) in [5, 5.41) is 2.70. The van der Waals surface area contributed by atoms with E-state index in [0.717, 1.165) is 16.7 Å². The quantitative estimate of drug-likeness (QED) is 0.681. The van der Waals surface area contributed by atoms with Gasteiger partial charge in [-0.25, -0.2) is 4.39 Å². The molecule has 5 nitrogen and oxygen atoms in total. The molecule has 1 saturated heterocycles. The predicted molar refractivity (Wildman–Crippen MR) is 89.8 cm³/mol. The number of hydrogen-bond donors (Lipinski definition) is 1. The molecular weight excluding hydrogens is 323 g/mol. The Bertz CT molecular complexity index is 833. The molecule has 1 unspecified atom stereocenters. The van der Waals surface area contributed by atoms with Gasteiger partial charge in [-0.2, -0.15) is 0 Å². The van der Waals surface area contributed by atoms with E-state index < -0.39 is 23.5 Å². The maximum absolute atomic E-state index is 13.0. The molecule has 2 aromatic carbocycles. The molecule has 0 aliphatic carbocycles. The van der Waals surface area contributed by atoms with E-state index >= 15 is 0 Å². The van der Waals surface area contributed by atoms with Crippen molar-refractivity contribution in [1.29, 1.82) is 0 Å². The minimum absolute atomic E-state index is 0.110. The number of nitrogens with one attached hydrogen (secondary N) is 1. The Hall–Kier alpha value is -3.02. The first-order chi connectivity index (χ1) is 12.0. The van der Waals surface area contributed by atoms with Crippen LogP contribution in [0.4, 0.5) is 4.39 Å². The lowest BCUT2D eigenvalue weighted by molar-refractivity contribution is -0.142. The molecule has 2 amide bonds. The normalized spacial score (nSPS) is 17.0. The number of likely N-dealkylation sites (N-methyl/N-ethyl adjacent to an activating group) is 1. The average molecular weight is 340 g/mol. The fraction of sp³-hybridized carbons (Fsp3) is 0.211. The van der Waals surface area contributed by atoms with Crippen molar-refractivity contribution in [3.8, 4) is 11.1 Å². The molecule has 0 radical (unpaired) electrons. The summed E-state index contributed by atoms with van der Waals surface area (Å²) in [4.78, 5) is 36.7. The fourth-order valence-electron chi connectivity index (χ4n) is 2.79. The zero-order valence-corrected chi connectivity index (χ0v) is 13.7. The number of amides is 2. The lowest BCUT2D eigenvalue weighted by Crippen LogP contribution is -2.35. The molecule has 25 heavy (non-hydrogen) atoms. The van der Waals surface area contributed by atoms with E-state index in [2.05, 4.69) is 5.32 Å². The standard InChI is InChI=1S/C19H17FN2O3/c1-22-11-16(17(23)19(22)25)18(24)21-10-12-3-2-4-14(9-12)13-5-7-15(20)8-6-13/h2-9,16H,10-11H2,1H3,(H,21,24). The van der Waals surface area contributed by atoms with Gasteiger partial charge in [0.2, 0.25) is 11.7 Å². The highest BCUT2D eigenvalue weighted by atomic mass is 19.1. The second-order valence-electron chi connectivity index (χ2n) is 6.03. The van der Waals surface area contributed by atoms with Crippen LogP contribution in [-0.4, -0.2) is 36.1 Å². The summed E-state index contributed by atoms with van der Waals surface area (Å²) < 4.78 is 13.0. The van der Waals surface area contributed by atoms with E-state index in [4.69, 9.17) is 0 Å². The first kappa shape index (κ1) is 16.8. The molecule has 6 heteroatoms. The highest BCUT2D eigenvalue weighted by Gasteiger charge is 2.41. The van der Waals surface area contributed by atoms with Crippen molar-refractivity contribution in [1.82, 2.24) is 10.2 Å². The molecule has 1 N–H and O–H groups in total. The molecule has 1 fully saturated rings. The van der Waals surface area contributed by atoms with Gasteiger partial charge in [0, 0.05) is 20.1 Å². The first-order valence-corrected chi connectivity index (χ1v) is 7.87. The molecule has 0 bridgehead atoms. The summed E-state index contributed by atoms with van der Waals surface area (Å²) in [6, 6.07) is 13.6. The van der Waals surface area contributed by atoms with Crippen LogP contribution in [0.3, 0.4) is 0 Å². The number of Topliss-reactive ketones (excluding diaryl/α,β-unsaturated/α-hetero) is 1. The monoisotopic (exact) mass is 340 g/mol. The Morgan fingerprint density at radius 1 is 1.16 bits per heavy atom. The number of nitrogens with zero attached hydrogens (tertiary/aromatic N) is 1. The van der Waals surface area contributed by atoms with Crippen LogP contribution in [0.5, 0.6) is 0 Å². The van der Waals surface area contributed by atoms with Crippen LogP contribution in [0.25, 0.3) is 11.1 Å². The number of halogens is 1. The van der Waals surface area contributed by atoms with Gasteiger partial charge < -0.3 is 10.2 Å². The molecule has 0 spiro atoms. The summed E-state index contributed by atoms with van der Waals surface area (Å²) in [7, 11) is 1.50. The smallest absolute Gasteiger partial charge is 0.290 e. The molecule has 1 aliphatic heterocycles. The van der Waals surface area contributed by atoms with Gasteiger partial charge in [-0.1, -0.05) is 30.3 Å². The molecule has 1 atom stereocenters. The van der Waals surface area contributed by atoms with E-state index in [0.29, 0.717) is 0 Å². The maximum atomic E-state index is 13.0. The van der Waals surface area contributed by atoms with Crippen molar-refractivity contribution in [3.63, 3.8) is 0 Å². The van der Waals surface area contributed by atoms with Crippen LogP contribution in [0, 0.1) is 11.7 Å². The number of carbonyl (C=O) groups excluding carboxylic acids is 3. The van der Waals surface area contributed by atoms with Crippen molar-refractivity contribution in [3.05, 3.63) is 59.9 Å². The minimum atomic E-state index is -0.946. The lowest BCUT2D eigenvalue weighted by Gasteiger charge is -2.11. The fourth-order valence-corrected chi connectivity index (χ4v) is 2.79. The van der Waals surface area contributed by atoms with Gasteiger partial charge in [0.05, 0.1) is 0 Å². The van der Waals surface area contributed by atoms with E-state index in [9.17, 15) is 18.8 Å². The van der Waals surface area contributed by atoms with Crippen molar-refractivity contribution < 1.29 is 18.8 Å². The van der Waals surface area contributed by atoms with E-state index in [1.807, 2.05) is 24.3 Å². The molecule has 3 rings (SSSR count). The predicted octanol–water partition coefficient (Wildman–Crippen LogP) is 1.77. The molecule has 1 heterocycles. The Morgan fingerprint density at radius 3 is 2.52 bits per heavy atom. The summed E-state index contributed by atoms with van der Waals surface area (Å²) in [6.45, 7) is 0.356. The Morgan fingerprint density at radius 2 is 1.88 bits per heavy atom. The molecule has 1 aliphatic rings. The third-order valence-corrected chi connectivity index (χ3v) is 4.22. The van der Waals surface area contributed by atoms with Crippen molar-refractivity contribution in [2.24, 2.45) is 5.92 Å². The maximum Gasteiger partial charge on any atom is 0.290 e. The SMILES string of the molecule is CN1CC(C(=O)NCc2cccc(-c3ccc(F)cc3)c2)C(=O)C1=O. The second-order valence-corrected chi connectivity index (χ2v) is 6.03. The topological polar surface area (TPSA) is 66.5 Å². The number of likely N-dealkylation sites (tertiary alicyclic amines) is 1. The van der Waals surface area contributed by atoms with E-state index in [1.54, 1.807) is 12.1 Å².